The molecule has 1 atom stereocenters. The first kappa shape index (κ1) is 22.8. The van der Waals surface area contributed by atoms with Crippen molar-refractivity contribution in [3.8, 4) is 5.75 Å². The number of aryl methyl sites for hydroxylation is 2. The second kappa shape index (κ2) is 9.24. The van der Waals surface area contributed by atoms with E-state index in [9.17, 15) is 14.7 Å². The lowest BCUT2D eigenvalue weighted by molar-refractivity contribution is -0.132. The van der Waals surface area contributed by atoms with Crippen LogP contribution in [-0.2, 0) is 9.59 Å². The molecule has 0 aliphatic carbocycles. The monoisotopic (exact) mass is 461 g/mol. The Bertz CT molecular complexity index is 1230. The zero-order valence-electron chi connectivity index (χ0n) is 19.2. The Kier molecular flexibility index (Phi) is 6.38. The molecule has 5 nitrogen and oxygen atoms in total. The maximum Gasteiger partial charge on any atom is 0.300 e. The van der Waals surface area contributed by atoms with Crippen LogP contribution < -0.4 is 9.64 Å². The molecule has 2 aromatic carbocycles. The van der Waals surface area contributed by atoms with Crippen LogP contribution >= 0.6 is 11.3 Å². The standard InChI is InChI=1S/C27H27NO4S/c1-16(2)15-32-20-8-5-7-19(14-20)25(29)23-24(22-9-6-12-33-22)28(27(31)26(23)30)21-13-17(3)10-11-18(21)4/h5-14,16,24,29H,15H2,1-4H3/b25-23-. The maximum absolute atomic E-state index is 13.3. The van der Waals surface area contributed by atoms with Crippen LogP contribution in [0, 0.1) is 19.8 Å². The zero-order valence-corrected chi connectivity index (χ0v) is 20.0. The minimum atomic E-state index is -0.703. The number of ether oxygens (including phenoxy) is 1. The van der Waals surface area contributed by atoms with Crippen molar-refractivity contribution in [1.29, 1.82) is 0 Å². The molecule has 0 saturated carbocycles. The first-order valence-corrected chi connectivity index (χ1v) is 11.8. The summed E-state index contributed by atoms with van der Waals surface area (Å²) in [6.45, 7) is 8.51. The molecule has 1 N–H and O–H groups in total. The molecule has 33 heavy (non-hydrogen) atoms. The van der Waals surface area contributed by atoms with E-state index in [2.05, 4.69) is 13.8 Å². The van der Waals surface area contributed by atoms with E-state index in [0.717, 1.165) is 16.0 Å². The van der Waals surface area contributed by atoms with Crippen LogP contribution in [0.5, 0.6) is 5.75 Å². The molecule has 1 amide bonds. The number of amides is 1. The smallest absolute Gasteiger partial charge is 0.300 e. The summed E-state index contributed by atoms with van der Waals surface area (Å²) in [7, 11) is 0. The van der Waals surface area contributed by atoms with E-state index in [1.165, 1.54) is 16.2 Å². The topological polar surface area (TPSA) is 66.8 Å². The third-order valence-electron chi connectivity index (χ3n) is 5.57. The Morgan fingerprint density at radius 3 is 2.58 bits per heavy atom. The molecule has 4 rings (SSSR count). The van der Waals surface area contributed by atoms with Crippen molar-refractivity contribution in [3.63, 3.8) is 0 Å². The predicted octanol–water partition coefficient (Wildman–Crippen LogP) is 6.03. The summed E-state index contributed by atoms with van der Waals surface area (Å²) in [6.07, 6.45) is 0. The molecule has 1 fully saturated rings. The first-order valence-electron chi connectivity index (χ1n) is 10.9. The molecule has 0 radical (unpaired) electrons. The Labute approximate surface area is 197 Å². The van der Waals surface area contributed by atoms with Gasteiger partial charge in [0, 0.05) is 16.1 Å². The van der Waals surface area contributed by atoms with Crippen molar-refractivity contribution >= 4 is 34.5 Å². The largest absolute Gasteiger partial charge is 0.507 e. The Balaban J connectivity index is 1.86. The van der Waals surface area contributed by atoms with E-state index >= 15 is 0 Å². The Hall–Kier alpha value is -3.38. The SMILES string of the molecule is Cc1ccc(C)c(N2C(=O)C(=O)/C(=C(\O)c3cccc(OCC(C)C)c3)C2c2cccs2)c1. The van der Waals surface area contributed by atoms with Gasteiger partial charge in [-0.15, -0.1) is 11.3 Å². The minimum Gasteiger partial charge on any atom is -0.507 e. The quantitative estimate of drug-likeness (QED) is 0.277. The van der Waals surface area contributed by atoms with Crippen LogP contribution in [0.2, 0.25) is 0 Å². The highest BCUT2D eigenvalue weighted by Crippen LogP contribution is 2.44. The molecule has 1 aliphatic rings. The van der Waals surface area contributed by atoms with E-state index in [1.807, 2.05) is 55.6 Å². The summed E-state index contributed by atoms with van der Waals surface area (Å²) in [5, 5.41) is 13.2. The normalized spacial score (nSPS) is 17.7. The van der Waals surface area contributed by atoms with E-state index in [4.69, 9.17) is 4.74 Å². The molecule has 170 valence electrons. The number of benzene rings is 2. The van der Waals surface area contributed by atoms with Gasteiger partial charge in [-0.1, -0.05) is 44.2 Å². The van der Waals surface area contributed by atoms with Gasteiger partial charge in [-0.05, 0) is 60.5 Å². The number of thiophene rings is 1. The van der Waals surface area contributed by atoms with E-state index < -0.39 is 17.7 Å². The zero-order chi connectivity index (χ0) is 23.7. The highest BCUT2D eigenvalue weighted by atomic mass is 32.1. The summed E-state index contributed by atoms with van der Waals surface area (Å²) in [6, 6.07) is 15.9. The fraction of sp³-hybridized carbons (Fsp3) is 0.259. The molecule has 1 aromatic heterocycles. The summed E-state index contributed by atoms with van der Waals surface area (Å²) >= 11 is 1.45. The van der Waals surface area contributed by atoms with E-state index in [0.29, 0.717) is 29.5 Å². The minimum absolute atomic E-state index is 0.0874. The van der Waals surface area contributed by atoms with Crippen molar-refractivity contribution in [1.82, 2.24) is 0 Å². The van der Waals surface area contributed by atoms with Gasteiger partial charge in [0.2, 0.25) is 0 Å². The van der Waals surface area contributed by atoms with E-state index in [1.54, 1.807) is 18.2 Å². The lowest BCUT2D eigenvalue weighted by Gasteiger charge is -2.26. The summed E-state index contributed by atoms with van der Waals surface area (Å²) in [5.41, 5.74) is 3.07. The number of anilines is 1. The van der Waals surface area contributed by atoms with Gasteiger partial charge in [0.15, 0.2) is 0 Å². The van der Waals surface area contributed by atoms with Crippen LogP contribution in [0.3, 0.4) is 0 Å². The first-order chi connectivity index (χ1) is 15.8. The van der Waals surface area contributed by atoms with Crippen LogP contribution in [-0.4, -0.2) is 23.4 Å². The molecule has 1 aliphatic heterocycles. The van der Waals surface area contributed by atoms with Crippen LogP contribution in [0.25, 0.3) is 5.76 Å². The second-order valence-electron chi connectivity index (χ2n) is 8.71. The number of hydrogen-bond donors (Lipinski definition) is 1. The molecule has 1 unspecified atom stereocenters. The number of carbonyl (C=O) groups is 2. The van der Waals surface area contributed by atoms with Crippen molar-refractivity contribution < 1.29 is 19.4 Å². The van der Waals surface area contributed by atoms with Crippen LogP contribution in [0.15, 0.2) is 65.6 Å². The second-order valence-corrected chi connectivity index (χ2v) is 9.69. The highest BCUT2D eigenvalue weighted by Gasteiger charge is 2.47. The Morgan fingerprint density at radius 2 is 1.88 bits per heavy atom. The van der Waals surface area contributed by atoms with Gasteiger partial charge < -0.3 is 9.84 Å². The number of ketones is 1. The van der Waals surface area contributed by atoms with Gasteiger partial charge in [0.25, 0.3) is 11.7 Å². The highest BCUT2D eigenvalue weighted by molar-refractivity contribution is 7.10. The molecule has 0 spiro atoms. The molecular weight excluding hydrogens is 434 g/mol. The van der Waals surface area contributed by atoms with Crippen molar-refractivity contribution in [2.24, 2.45) is 5.92 Å². The van der Waals surface area contributed by atoms with E-state index in [-0.39, 0.29) is 11.3 Å². The van der Waals surface area contributed by atoms with Gasteiger partial charge in [0.1, 0.15) is 17.6 Å². The van der Waals surface area contributed by atoms with Crippen molar-refractivity contribution in [3.05, 3.63) is 87.1 Å². The van der Waals surface area contributed by atoms with Gasteiger partial charge in [-0.2, -0.15) is 0 Å². The number of carbonyl (C=O) groups excluding carboxylic acids is 2. The van der Waals surface area contributed by atoms with Gasteiger partial charge in [-0.3, -0.25) is 14.5 Å². The lowest BCUT2D eigenvalue weighted by atomic mass is 9.99. The van der Waals surface area contributed by atoms with Crippen molar-refractivity contribution in [2.45, 2.75) is 33.7 Å². The fourth-order valence-corrected chi connectivity index (χ4v) is 4.75. The third kappa shape index (κ3) is 4.44. The summed E-state index contributed by atoms with van der Waals surface area (Å²) in [4.78, 5) is 28.9. The number of hydrogen-bond acceptors (Lipinski definition) is 5. The van der Waals surface area contributed by atoms with Crippen molar-refractivity contribution in [2.75, 3.05) is 11.5 Å². The molecule has 1 saturated heterocycles. The van der Waals surface area contributed by atoms with Crippen LogP contribution in [0.1, 0.15) is 41.5 Å². The predicted molar refractivity (Wildman–Crippen MR) is 132 cm³/mol. The molecule has 6 heteroatoms. The van der Waals surface area contributed by atoms with Crippen LogP contribution in [0.4, 0.5) is 5.69 Å². The fourth-order valence-electron chi connectivity index (χ4n) is 3.93. The number of rotatable bonds is 6. The number of aliphatic hydroxyl groups excluding tert-OH is 1. The summed E-state index contributed by atoms with van der Waals surface area (Å²) in [5.74, 6) is -0.584. The Morgan fingerprint density at radius 1 is 1.09 bits per heavy atom. The van der Waals surface area contributed by atoms with Gasteiger partial charge in [-0.25, -0.2) is 0 Å². The maximum atomic E-state index is 13.3. The van der Waals surface area contributed by atoms with Gasteiger partial charge >= 0.3 is 0 Å². The average Bonchev–Trinajstić information content (AvgIpc) is 3.41. The average molecular weight is 462 g/mol. The number of Topliss-reactive ketones (excluding diaryl/α,β-unsaturated/α-hetero) is 1. The third-order valence-corrected chi connectivity index (χ3v) is 6.50. The number of nitrogens with zero attached hydrogens (tertiary/aromatic N) is 1. The molecule has 2 heterocycles. The lowest BCUT2D eigenvalue weighted by Crippen LogP contribution is -2.29. The molecule has 0 bridgehead atoms. The summed E-state index contributed by atoms with van der Waals surface area (Å²) < 4.78 is 5.79. The molecule has 3 aromatic rings. The number of aliphatic hydroxyl groups is 1. The van der Waals surface area contributed by atoms with Gasteiger partial charge in [0.05, 0.1) is 12.2 Å². The molecular formula is C27H27NO4S.